The first-order valence-corrected chi connectivity index (χ1v) is 7.48. The van der Waals surface area contributed by atoms with Crippen molar-refractivity contribution in [3.8, 4) is 0 Å². The molecule has 0 aliphatic carbocycles. The van der Waals surface area contributed by atoms with Crippen LogP contribution in [-0.4, -0.2) is 24.4 Å². The molecule has 0 saturated heterocycles. The van der Waals surface area contributed by atoms with E-state index in [1.165, 1.54) is 11.8 Å². The third-order valence-corrected chi connectivity index (χ3v) is 3.66. The predicted molar refractivity (Wildman–Crippen MR) is 86.8 cm³/mol. The van der Waals surface area contributed by atoms with E-state index < -0.39 is 0 Å². The number of nitrogens with zero attached hydrogens (tertiary/aromatic N) is 1. The van der Waals surface area contributed by atoms with E-state index in [0.717, 1.165) is 17.5 Å². The van der Waals surface area contributed by atoms with Crippen LogP contribution in [-0.2, 0) is 9.59 Å². The number of halogens is 1. The highest BCUT2D eigenvalue weighted by Gasteiger charge is 2.21. The van der Waals surface area contributed by atoms with Crippen molar-refractivity contribution in [2.24, 2.45) is 0 Å². The van der Waals surface area contributed by atoms with Gasteiger partial charge in [0.25, 0.3) is 0 Å². The topological polar surface area (TPSA) is 49.4 Å². The smallest absolute Gasteiger partial charge is 0.240 e. The standard InChI is InChI=1S/C16H23ClN2O2/c1-6-12(4)18-15(21)9-19(13(5)20)16-11(3)7-10(2)8-14(16)17/h7-8,12H,6,9H2,1-5H3,(H,18,21). The molecule has 0 aliphatic heterocycles. The zero-order chi connectivity index (χ0) is 16.2. The van der Waals surface area contributed by atoms with E-state index in [0.29, 0.717) is 10.7 Å². The van der Waals surface area contributed by atoms with E-state index in [-0.39, 0.29) is 24.4 Å². The summed E-state index contributed by atoms with van der Waals surface area (Å²) in [6.45, 7) is 9.16. The summed E-state index contributed by atoms with van der Waals surface area (Å²) in [5, 5.41) is 3.34. The minimum Gasteiger partial charge on any atom is -0.352 e. The van der Waals surface area contributed by atoms with E-state index in [4.69, 9.17) is 11.6 Å². The lowest BCUT2D eigenvalue weighted by atomic mass is 10.1. The molecule has 2 amide bonds. The lowest BCUT2D eigenvalue weighted by Gasteiger charge is -2.25. The van der Waals surface area contributed by atoms with Gasteiger partial charge in [0.1, 0.15) is 6.54 Å². The Kier molecular flexibility index (Phi) is 6.21. The summed E-state index contributed by atoms with van der Waals surface area (Å²) in [5.41, 5.74) is 2.51. The van der Waals surface area contributed by atoms with Gasteiger partial charge in [-0.2, -0.15) is 0 Å². The molecule has 0 saturated carbocycles. The van der Waals surface area contributed by atoms with Gasteiger partial charge >= 0.3 is 0 Å². The van der Waals surface area contributed by atoms with Crippen molar-refractivity contribution in [2.45, 2.75) is 47.1 Å². The van der Waals surface area contributed by atoms with Gasteiger partial charge in [0.15, 0.2) is 0 Å². The van der Waals surface area contributed by atoms with E-state index >= 15 is 0 Å². The summed E-state index contributed by atoms with van der Waals surface area (Å²) in [6.07, 6.45) is 0.843. The second-order valence-electron chi connectivity index (χ2n) is 5.39. The van der Waals surface area contributed by atoms with Gasteiger partial charge in [-0.25, -0.2) is 0 Å². The highest BCUT2D eigenvalue weighted by molar-refractivity contribution is 6.34. The van der Waals surface area contributed by atoms with Crippen LogP contribution in [0.1, 0.15) is 38.3 Å². The minimum absolute atomic E-state index is 0.0245. The second-order valence-corrected chi connectivity index (χ2v) is 5.80. The van der Waals surface area contributed by atoms with Crippen LogP contribution < -0.4 is 10.2 Å². The number of hydrogen-bond acceptors (Lipinski definition) is 2. The van der Waals surface area contributed by atoms with Gasteiger partial charge in [0, 0.05) is 13.0 Å². The van der Waals surface area contributed by atoms with Crippen molar-refractivity contribution >= 4 is 29.1 Å². The summed E-state index contributed by atoms with van der Waals surface area (Å²) < 4.78 is 0. The fourth-order valence-electron chi connectivity index (χ4n) is 2.16. The molecule has 0 bridgehead atoms. The molecule has 1 N–H and O–H groups in total. The summed E-state index contributed by atoms with van der Waals surface area (Å²) in [7, 11) is 0. The van der Waals surface area contributed by atoms with Gasteiger partial charge in [-0.15, -0.1) is 0 Å². The van der Waals surface area contributed by atoms with Crippen LogP contribution in [0.15, 0.2) is 12.1 Å². The van der Waals surface area contributed by atoms with Gasteiger partial charge in [0.05, 0.1) is 10.7 Å². The number of rotatable bonds is 5. The Hall–Kier alpha value is -1.55. The maximum absolute atomic E-state index is 12.0. The Bertz CT molecular complexity index is 520. The Morgan fingerprint density at radius 2 is 1.95 bits per heavy atom. The third-order valence-electron chi connectivity index (χ3n) is 3.37. The number of anilines is 1. The van der Waals surface area contributed by atoms with Crippen LogP contribution in [0.5, 0.6) is 0 Å². The molecule has 116 valence electrons. The lowest BCUT2D eigenvalue weighted by Crippen LogP contribution is -2.43. The largest absolute Gasteiger partial charge is 0.352 e. The number of hydrogen-bond donors (Lipinski definition) is 1. The van der Waals surface area contributed by atoms with E-state index in [2.05, 4.69) is 5.32 Å². The first-order valence-electron chi connectivity index (χ1n) is 7.10. The van der Waals surface area contributed by atoms with Crippen LogP contribution >= 0.6 is 11.6 Å². The Morgan fingerprint density at radius 1 is 1.33 bits per heavy atom. The number of carbonyl (C=O) groups excluding carboxylic acids is 2. The zero-order valence-corrected chi connectivity index (χ0v) is 14.0. The number of aryl methyl sites for hydroxylation is 2. The predicted octanol–water partition coefficient (Wildman–Crippen LogP) is 3.22. The highest BCUT2D eigenvalue weighted by Crippen LogP contribution is 2.31. The van der Waals surface area contributed by atoms with Crippen molar-refractivity contribution in [3.63, 3.8) is 0 Å². The van der Waals surface area contributed by atoms with E-state index in [1.807, 2.05) is 33.8 Å². The molecular formula is C16H23ClN2O2. The van der Waals surface area contributed by atoms with Crippen LogP contribution in [0.3, 0.4) is 0 Å². The van der Waals surface area contributed by atoms with Crippen molar-refractivity contribution in [1.82, 2.24) is 5.32 Å². The first kappa shape index (κ1) is 17.5. The van der Waals surface area contributed by atoms with Crippen molar-refractivity contribution in [3.05, 3.63) is 28.3 Å². The van der Waals surface area contributed by atoms with Crippen LogP contribution in [0.25, 0.3) is 0 Å². The molecule has 1 unspecified atom stereocenters. The molecule has 1 rings (SSSR count). The van der Waals surface area contributed by atoms with Gasteiger partial charge in [-0.05, 0) is 44.4 Å². The maximum Gasteiger partial charge on any atom is 0.240 e. The summed E-state index contributed by atoms with van der Waals surface area (Å²) in [6, 6.07) is 3.83. The fourth-order valence-corrected chi connectivity index (χ4v) is 2.59. The molecule has 0 spiro atoms. The Balaban J connectivity index is 3.04. The molecule has 5 heteroatoms. The van der Waals surface area contributed by atoms with E-state index in [1.54, 1.807) is 6.07 Å². The molecule has 1 atom stereocenters. The highest BCUT2D eigenvalue weighted by atomic mass is 35.5. The van der Waals surface area contributed by atoms with Crippen molar-refractivity contribution in [2.75, 3.05) is 11.4 Å². The molecule has 0 aromatic heterocycles. The van der Waals surface area contributed by atoms with E-state index in [9.17, 15) is 9.59 Å². The Labute approximate surface area is 131 Å². The summed E-state index contributed by atoms with van der Waals surface area (Å²) in [4.78, 5) is 25.4. The van der Waals surface area contributed by atoms with Gasteiger partial charge < -0.3 is 10.2 Å². The van der Waals surface area contributed by atoms with Gasteiger partial charge in [-0.3, -0.25) is 9.59 Å². The molecule has 4 nitrogen and oxygen atoms in total. The number of amides is 2. The average Bonchev–Trinajstić information content (AvgIpc) is 2.35. The number of benzene rings is 1. The molecule has 1 aromatic carbocycles. The normalized spacial score (nSPS) is 11.9. The SMILES string of the molecule is CCC(C)NC(=O)CN(C(C)=O)c1c(C)cc(C)cc1Cl. The number of nitrogens with one attached hydrogen (secondary N) is 1. The molecule has 21 heavy (non-hydrogen) atoms. The maximum atomic E-state index is 12.0. The summed E-state index contributed by atoms with van der Waals surface area (Å²) in [5.74, 6) is -0.390. The molecule has 0 radical (unpaired) electrons. The number of carbonyl (C=O) groups is 2. The quantitative estimate of drug-likeness (QED) is 0.907. The van der Waals surface area contributed by atoms with Crippen LogP contribution in [0.2, 0.25) is 5.02 Å². The molecule has 0 fully saturated rings. The molecular weight excluding hydrogens is 288 g/mol. The van der Waals surface area contributed by atoms with Crippen molar-refractivity contribution < 1.29 is 9.59 Å². The van der Waals surface area contributed by atoms with Crippen molar-refractivity contribution in [1.29, 1.82) is 0 Å². The van der Waals surface area contributed by atoms with Crippen LogP contribution in [0, 0.1) is 13.8 Å². The third kappa shape index (κ3) is 4.74. The monoisotopic (exact) mass is 310 g/mol. The summed E-state index contributed by atoms with van der Waals surface area (Å²) >= 11 is 6.26. The van der Waals surface area contributed by atoms with Gasteiger partial charge in [-0.1, -0.05) is 24.6 Å². The second kappa shape index (κ2) is 7.46. The molecule has 1 aromatic rings. The first-order chi connectivity index (χ1) is 9.76. The van der Waals surface area contributed by atoms with Crippen LogP contribution in [0.4, 0.5) is 5.69 Å². The average molecular weight is 311 g/mol. The molecule has 0 heterocycles. The lowest BCUT2D eigenvalue weighted by molar-refractivity contribution is -0.123. The zero-order valence-electron chi connectivity index (χ0n) is 13.3. The Morgan fingerprint density at radius 3 is 2.43 bits per heavy atom. The van der Waals surface area contributed by atoms with Gasteiger partial charge in [0.2, 0.25) is 11.8 Å². The minimum atomic E-state index is -0.205. The fraction of sp³-hybridized carbons (Fsp3) is 0.500. The molecule has 0 aliphatic rings.